The Bertz CT molecular complexity index is 1770. The number of ether oxygens (including phenoxy) is 5. The maximum absolute atomic E-state index is 13.7. The molecule has 3 heterocycles. The van der Waals surface area contributed by atoms with E-state index in [1.54, 1.807) is 24.4 Å². The number of halogens is 1. The Kier molecular flexibility index (Phi) is 12.1. The van der Waals surface area contributed by atoms with Gasteiger partial charge in [0, 0.05) is 31.6 Å². The first-order valence-electron chi connectivity index (χ1n) is 17.3. The third kappa shape index (κ3) is 8.88. The molecule has 0 aliphatic carbocycles. The summed E-state index contributed by atoms with van der Waals surface area (Å²) < 4.78 is 30.9. The van der Waals surface area contributed by atoms with E-state index in [2.05, 4.69) is 14.9 Å². The molecule has 266 valence electrons. The van der Waals surface area contributed by atoms with Gasteiger partial charge in [0.15, 0.2) is 11.5 Å². The van der Waals surface area contributed by atoms with E-state index in [1.165, 1.54) is 14.2 Å². The Hall–Kier alpha value is -4.32. The summed E-state index contributed by atoms with van der Waals surface area (Å²) in [5.41, 5.74) is 2.58. The molecule has 1 aromatic heterocycles. The monoisotopic (exact) mass is 704 g/mol. The van der Waals surface area contributed by atoms with Gasteiger partial charge in [0.1, 0.15) is 6.10 Å². The minimum Gasteiger partial charge on any atom is -0.493 e. The van der Waals surface area contributed by atoms with Crippen LogP contribution in [0.3, 0.4) is 0 Å². The largest absolute Gasteiger partial charge is 0.493 e. The molecular formula is C38H45ClN4O7. The van der Waals surface area contributed by atoms with Gasteiger partial charge in [0.05, 0.1) is 61.8 Å². The van der Waals surface area contributed by atoms with Crippen LogP contribution in [0.5, 0.6) is 17.2 Å². The Balaban J connectivity index is 1.20. The first kappa shape index (κ1) is 35.5. The molecule has 4 aromatic rings. The molecule has 50 heavy (non-hydrogen) atoms. The van der Waals surface area contributed by atoms with Crippen molar-refractivity contribution < 1.29 is 33.3 Å². The van der Waals surface area contributed by atoms with E-state index in [4.69, 9.17) is 35.3 Å². The number of hydrogen-bond acceptors (Lipinski definition) is 10. The quantitative estimate of drug-likeness (QED) is 0.219. The fourth-order valence-electron chi connectivity index (χ4n) is 6.60. The van der Waals surface area contributed by atoms with E-state index >= 15 is 0 Å². The van der Waals surface area contributed by atoms with Crippen LogP contribution >= 0.6 is 11.6 Å². The van der Waals surface area contributed by atoms with Crippen molar-refractivity contribution in [2.45, 2.75) is 44.8 Å². The van der Waals surface area contributed by atoms with Gasteiger partial charge in [-0.15, -0.1) is 0 Å². The number of benzene rings is 3. The van der Waals surface area contributed by atoms with E-state index in [0.29, 0.717) is 72.4 Å². The fourth-order valence-corrected chi connectivity index (χ4v) is 6.86. The number of carbonyl (C=O) groups is 2. The van der Waals surface area contributed by atoms with E-state index in [1.807, 2.05) is 41.1 Å². The summed E-state index contributed by atoms with van der Waals surface area (Å²) in [6.45, 7) is 6.65. The van der Waals surface area contributed by atoms with Crippen LogP contribution in [0.15, 0.2) is 60.8 Å². The lowest BCUT2D eigenvalue weighted by molar-refractivity contribution is 0.0221. The highest BCUT2D eigenvalue weighted by Gasteiger charge is 2.23. The molecule has 3 atom stereocenters. The van der Waals surface area contributed by atoms with Crippen molar-refractivity contribution >= 4 is 34.4 Å². The summed E-state index contributed by atoms with van der Waals surface area (Å²) >= 11 is 6.68. The minimum atomic E-state index is -0.441. The molecule has 2 aliphatic heterocycles. The fraction of sp³-hybridized carbons (Fsp3) is 0.447. The lowest BCUT2D eigenvalue weighted by Crippen LogP contribution is -2.34. The van der Waals surface area contributed by atoms with Gasteiger partial charge in [-0.1, -0.05) is 41.9 Å². The van der Waals surface area contributed by atoms with E-state index in [0.717, 1.165) is 68.6 Å². The first-order valence-corrected chi connectivity index (χ1v) is 17.7. The van der Waals surface area contributed by atoms with Crippen molar-refractivity contribution in [3.05, 3.63) is 82.5 Å². The molecule has 6 rings (SSSR count). The molecule has 1 fully saturated rings. The number of carbonyl (C=O) groups excluding carboxylic acids is 2. The Morgan fingerprint density at radius 1 is 0.880 bits per heavy atom. The SMILES string of the molecule is COc1cc2cc(c1OC)OCCCC(OC(=O)c1cc(Cl)c3cnn(Cc4ccccc4)c3c1)CCN1CCCN(CCCOC2=O)CC1. The normalized spacial score (nSPS) is 20.8. The third-order valence-corrected chi connectivity index (χ3v) is 9.62. The molecule has 0 saturated carbocycles. The van der Waals surface area contributed by atoms with Crippen LogP contribution in [0.2, 0.25) is 5.02 Å². The van der Waals surface area contributed by atoms with Crippen molar-refractivity contribution in [3.63, 3.8) is 0 Å². The molecule has 0 N–H and O–H groups in total. The lowest BCUT2D eigenvalue weighted by Gasteiger charge is -2.24. The van der Waals surface area contributed by atoms with Crippen molar-refractivity contribution in [1.82, 2.24) is 19.6 Å². The summed E-state index contributed by atoms with van der Waals surface area (Å²) in [6, 6.07) is 16.7. The van der Waals surface area contributed by atoms with Gasteiger partial charge < -0.3 is 33.5 Å². The van der Waals surface area contributed by atoms with Crippen LogP contribution in [-0.4, -0.2) is 104 Å². The van der Waals surface area contributed by atoms with Gasteiger partial charge in [-0.3, -0.25) is 4.68 Å². The number of cyclic esters (lactones) is 1. The molecule has 12 heteroatoms. The summed E-state index contributed by atoms with van der Waals surface area (Å²) in [4.78, 5) is 31.6. The van der Waals surface area contributed by atoms with E-state index in [9.17, 15) is 9.59 Å². The Labute approximate surface area is 297 Å². The number of methoxy groups -OCH3 is 2. The number of fused-ring (bicyclic) bond motifs is 6. The summed E-state index contributed by atoms with van der Waals surface area (Å²) in [7, 11) is 3.04. The molecule has 0 radical (unpaired) electrons. The number of nitrogens with zero attached hydrogens (tertiary/aromatic N) is 4. The summed E-state index contributed by atoms with van der Waals surface area (Å²) in [6.07, 6.45) is 5.01. The van der Waals surface area contributed by atoms with Gasteiger partial charge in [-0.25, -0.2) is 9.59 Å². The third-order valence-electron chi connectivity index (χ3n) is 9.31. The van der Waals surface area contributed by atoms with Crippen LogP contribution in [0.25, 0.3) is 10.9 Å². The zero-order chi connectivity index (χ0) is 34.9. The highest BCUT2D eigenvalue weighted by molar-refractivity contribution is 6.35. The second-order valence-electron chi connectivity index (χ2n) is 12.7. The second kappa shape index (κ2) is 17.1. The molecule has 11 nitrogen and oxygen atoms in total. The first-order chi connectivity index (χ1) is 24.4. The van der Waals surface area contributed by atoms with Crippen LogP contribution in [0, 0.1) is 0 Å². The Morgan fingerprint density at radius 2 is 1.64 bits per heavy atom. The highest BCUT2D eigenvalue weighted by Crippen LogP contribution is 2.39. The number of rotatable bonds is 6. The van der Waals surface area contributed by atoms with Crippen LogP contribution in [-0.2, 0) is 16.0 Å². The predicted molar refractivity (Wildman–Crippen MR) is 191 cm³/mol. The number of esters is 2. The number of aromatic nitrogens is 2. The molecule has 1 saturated heterocycles. The van der Waals surface area contributed by atoms with Crippen molar-refractivity contribution in [1.29, 1.82) is 0 Å². The maximum Gasteiger partial charge on any atom is 0.338 e. The topological polar surface area (TPSA) is 105 Å². The van der Waals surface area contributed by atoms with Crippen molar-refractivity contribution in [2.24, 2.45) is 0 Å². The average molecular weight is 705 g/mol. The molecule has 3 unspecified atom stereocenters. The summed E-state index contributed by atoms with van der Waals surface area (Å²) in [5, 5.41) is 5.78. The standard InChI is InChI=1S/C38H45ClN4O7/c1-46-34-23-29-24-35(36(34)47-2)48-19-6-11-30(12-16-42-14-7-13-41(17-18-42)15-8-20-49-37(29)44)50-38(45)28-21-32(39)31-25-40-43(33(31)22-28)26-27-9-4-3-5-10-27/h3-5,9-10,21-25,30H,6-8,11-20,26H2,1-2H3. The second-order valence-corrected chi connectivity index (χ2v) is 13.1. The van der Waals surface area contributed by atoms with Crippen LogP contribution in [0.1, 0.15) is 58.4 Å². The van der Waals surface area contributed by atoms with Gasteiger partial charge in [0.25, 0.3) is 0 Å². The van der Waals surface area contributed by atoms with Crippen molar-refractivity contribution in [3.8, 4) is 17.2 Å². The van der Waals surface area contributed by atoms with Crippen LogP contribution < -0.4 is 14.2 Å². The van der Waals surface area contributed by atoms with Gasteiger partial charge in [-0.2, -0.15) is 5.10 Å². The Morgan fingerprint density at radius 3 is 2.42 bits per heavy atom. The number of hydrogen-bond donors (Lipinski definition) is 0. The average Bonchev–Trinajstić information content (AvgIpc) is 3.39. The predicted octanol–water partition coefficient (Wildman–Crippen LogP) is 6.10. The van der Waals surface area contributed by atoms with Crippen LogP contribution in [0.4, 0.5) is 0 Å². The molecule has 2 aliphatic rings. The zero-order valence-corrected chi connectivity index (χ0v) is 29.5. The molecule has 0 amide bonds. The molecule has 4 bridgehead atoms. The van der Waals surface area contributed by atoms with E-state index in [-0.39, 0.29) is 6.10 Å². The molecular weight excluding hydrogens is 660 g/mol. The maximum atomic E-state index is 13.7. The summed E-state index contributed by atoms with van der Waals surface area (Å²) in [5.74, 6) is 0.287. The van der Waals surface area contributed by atoms with Gasteiger partial charge in [0.2, 0.25) is 5.75 Å². The van der Waals surface area contributed by atoms with Gasteiger partial charge >= 0.3 is 11.9 Å². The minimum absolute atomic E-state index is 0.307. The van der Waals surface area contributed by atoms with Gasteiger partial charge in [-0.05, 0) is 75.0 Å². The zero-order valence-electron chi connectivity index (χ0n) is 28.8. The molecule has 0 spiro atoms. The highest BCUT2D eigenvalue weighted by atomic mass is 35.5. The molecule has 3 aromatic carbocycles. The van der Waals surface area contributed by atoms with E-state index < -0.39 is 11.9 Å². The van der Waals surface area contributed by atoms with Crippen molar-refractivity contribution in [2.75, 3.05) is 66.7 Å². The lowest BCUT2D eigenvalue weighted by atomic mass is 10.1. The smallest absolute Gasteiger partial charge is 0.338 e.